The zero-order chi connectivity index (χ0) is 30.9. The van der Waals surface area contributed by atoms with E-state index in [0.29, 0.717) is 42.4 Å². The predicted octanol–water partition coefficient (Wildman–Crippen LogP) is 4.56. The van der Waals surface area contributed by atoms with E-state index in [4.69, 9.17) is 4.74 Å². The molecule has 4 unspecified atom stereocenters. The van der Waals surface area contributed by atoms with E-state index in [2.05, 4.69) is 16.5 Å². The Labute approximate surface area is 255 Å². The first kappa shape index (κ1) is 29.3. The maximum absolute atomic E-state index is 14.9. The third-order valence-corrected chi connectivity index (χ3v) is 10.5. The van der Waals surface area contributed by atoms with Gasteiger partial charge in [-0.1, -0.05) is 18.7 Å². The molecular formula is C31H31F4N5O3S. The monoisotopic (exact) mass is 629 g/mol. The molecule has 4 aliphatic heterocycles. The van der Waals surface area contributed by atoms with Crippen LogP contribution in [0.25, 0.3) is 22.0 Å². The number of aromatic nitrogens is 2. The Morgan fingerprint density at radius 2 is 1.98 bits per heavy atom. The van der Waals surface area contributed by atoms with Gasteiger partial charge in [-0.15, -0.1) is 11.8 Å². The first-order valence-corrected chi connectivity index (χ1v) is 15.6. The number of alkyl halides is 3. The van der Waals surface area contributed by atoms with E-state index in [1.807, 2.05) is 11.8 Å². The highest BCUT2D eigenvalue weighted by atomic mass is 32.2. The van der Waals surface area contributed by atoms with Crippen molar-refractivity contribution in [3.05, 3.63) is 64.9 Å². The van der Waals surface area contributed by atoms with Crippen molar-refractivity contribution in [1.29, 1.82) is 0 Å². The van der Waals surface area contributed by atoms with E-state index in [9.17, 15) is 27.2 Å². The number of nitrogens with zero attached hydrogens (tertiary/aromatic N) is 5. The quantitative estimate of drug-likeness (QED) is 0.303. The van der Waals surface area contributed by atoms with Crippen LogP contribution < -0.4 is 10.6 Å². The second-order valence-corrected chi connectivity index (χ2v) is 12.9. The minimum absolute atomic E-state index is 0.0678. The van der Waals surface area contributed by atoms with Crippen molar-refractivity contribution in [3.63, 3.8) is 0 Å². The van der Waals surface area contributed by atoms with Gasteiger partial charge in [0, 0.05) is 66.4 Å². The Morgan fingerprint density at radius 1 is 1.20 bits per heavy atom. The number of benzene rings is 2. The van der Waals surface area contributed by atoms with Gasteiger partial charge in [-0.2, -0.15) is 18.2 Å². The predicted molar refractivity (Wildman–Crippen MR) is 159 cm³/mol. The number of fused-ring (bicyclic) bond motifs is 2. The number of anilines is 1. The molecule has 44 heavy (non-hydrogen) atoms. The fourth-order valence-corrected chi connectivity index (χ4v) is 8.48. The summed E-state index contributed by atoms with van der Waals surface area (Å²) in [4.78, 5) is 36.8. The lowest BCUT2D eigenvalue weighted by Crippen LogP contribution is -2.54. The van der Waals surface area contributed by atoms with Crippen LogP contribution in [0.5, 0.6) is 0 Å². The number of amides is 1. The molecule has 3 fully saturated rings. The molecule has 0 radical (unpaired) electrons. The van der Waals surface area contributed by atoms with Gasteiger partial charge in [0.05, 0.1) is 29.8 Å². The summed E-state index contributed by atoms with van der Waals surface area (Å²) in [5, 5.41) is 0.233. The number of likely N-dealkylation sites (tertiary alicyclic amines) is 1. The number of ether oxygens (including phenoxy) is 1. The van der Waals surface area contributed by atoms with Gasteiger partial charge in [-0.05, 0) is 43.2 Å². The van der Waals surface area contributed by atoms with Gasteiger partial charge in [-0.3, -0.25) is 14.3 Å². The van der Waals surface area contributed by atoms with E-state index in [0.717, 1.165) is 31.2 Å². The van der Waals surface area contributed by atoms with Crippen molar-refractivity contribution in [2.45, 2.75) is 48.6 Å². The van der Waals surface area contributed by atoms with Crippen LogP contribution in [0.4, 0.5) is 23.4 Å². The largest absolute Gasteiger partial charge is 0.417 e. The molecule has 5 heterocycles. The van der Waals surface area contributed by atoms with Crippen molar-refractivity contribution in [3.8, 4) is 11.1 Å². The van der Waals surface area contributed by atoms with Gasteiger partial charge in [0.25, 0.3) is 0 Å². The number of piperazine rings is 1. The Morgan fingerprint density at radius 3 is 2.61 bits per heavy atom. The summed E-state index contributed by atoms with van der Waals surface area (Å²) in [6.45, 7) is 8.25. The molecule has 0 spiro atoms. The molecule has 4 atom stereocenters. The number of rotatable bonds is 5. The third-order valence-electron chi connectivity index (χ3n) is 9.21. The number of morpholine rings is 1. The zero-order valence-electron chi connectivity index (χ0n) is 24.0. The summed E-state index contributed by atoms with van der Waals surface area (Å²) < 4.78 is 65.8. The Balaban J connectivity index is 1.43. The molecule has 0 saturated carbocycles. The van der Waals surface area contributed by atoms with Crippen molar-refractivity contribution >= 4 is 34.4 Å². The van der Waals surface area contributed by atoms with Gasteiger partial charge in [-0.25, -0.2) is 9.18 Å². The molecule has 1 aromatic heterocycles. The second-order valence-electron chi connectivity index (χ2n) is 11.9. The van der Waals surface area contributed by atoms with Crippen molar-refractivity contribution in [2.24, 2.45) is 0 Å². The highest BCUT2D eigenvalue weighted by Crippen LogP contribution is 2.50. The highest BCUT2D eigenvalue weighted by molar-refractivity contribution is 7.99. The third kappa shape index (κ3) is 4.89. The summed E-state index contributed by atoms with van der Waals surface area (Å²) in [5.74, 6) is -0.233. The summed E-state index contributed by atoms with van der Waals surface area (Å²) in [5.41, 5.74) is -0.833. The van der Waals surface area contributed by atoms with Crippen LogP contribution in [0.2, 0.25) is 0 Å². The molecule has 232 valence electrons. The van der Waals surface area contributed by atoms with Crippen LogP contribution >= 0.6 is 11.8 Å². The number of hydrogen-bond acceptors (Lipinski definition) is 7. The Bertz CT molecular complexity index is 1710. The van der Waals surface area contributed by atoms with Gasteiger partial charge in [0.15, 0.2) is 0 Å². The van der Waals surface area contributed by atoms with E-state index >= 15 is 0 Å². The maximum Gasteiger partial charge on any atom is 0.417 e. The van der Waals surface area contributed by atoms with Crippen LogP contribution in [0.15, 0.2) is 52.7 Å². The number of carbonyl (C=O) groups excluding carboxylic acids is 1. The number of halogens is 4. The average Bonchev–Trinajstić information content (AvgIpc) is 3.62. The summed E-state index contributed by atoms with van der Waals surface area (Å²) in [6, 6.07) is 5.69. The SMILES string of the molecule is C=CC(=O)N1CCN(c2nc(=O)n3c4c(c(-c5ccc(F)cc5)c(C(F)(F)F)cc24)SCC3CN2CC3CC2CO3)C(C)C1. The average molecular weight is 630 g/mol. The van der Waals surface area contributed by atoms with Crippen LogP contribution in [0, 0.1) is 5.82 Å². The van der Waals surface area contributed by atoms with Crippen LogP contribution in [-0.2, 0) is 15.7 Å². The van der Waals surface area contributed by atoms with E-state index < -0.39 is 23.2 Å². The normalized spacial score (nSPS) is 25.2. The Kier molecular flexibility index (Phi) is 7.25. The van der Waals surface area contributed by atoms with Crippen molar-refractivity contribution < 1.29 is 27.1 Å². The smallest absolute Gasteiger partial charge is 0.375 e. The molecule has 7 rings (SSSR count). The second kappa shape index (κ2) is 10.9. The number of thioether (sulfide) groups is 1. The fourth-order valence-electron chi connectivity index (χ4n) is 7.15. The molecule has 0 N–H and O–H groups in total. The molecular weight excluding hydrogens is 598 g/mol. The zero-order valence-corrected chi connectivity index (χ0v) is 24.8. The maximum atomic E-state index is 14.9. The highest BCUT2D eigenvalue weighted by Gasteiger charge is 2.43. The molecule has 3 aromatic rings. The minimum atomic E-state index is -4.74. The molecule has 4 aliphatic rings. The van der Waals surface area contributed by atoms with Gasteiger partial charge in [0.2, 0.25) is 5.91 Å². The molecule has 3 saturated heterocycles. The fraction of sp³-hybridized carbons (Fsp3) is 0.452. The summed E-state index contributed by atoms with van der Waals surface area (Å²) in [7, 11) is 0. The lowest BCUT2D eigenvalue weighted by Gasteiger charge is -2.41. The summed E-state index contributed by atoms with van der Waals surface area (Å²) in [6.07, 6.45) is -2.41. The van der Waals surface area contributed by atoms with Crippen LogP contribution in [-0.4, -0.2) is 88.5 Å². The molecule has 8 nitrogen and oxygen atoms in total. The van der Waals surface area contributed by atoms with Crippen LogP contribution in [0.3, 0.4) is 0 Å². The minimum Gasteiger partial charge on any atom is -0.375 e. The lowest BCUT2D eigenvalue weighted by molar-refractivity contribution is -0.137. The van der Waals surface area contributed by atoms with Gasteiger partial charge in [0.1, 0.15) is 11.6 Å². The van der Waals surface area contributed by atoms with Crippen molar-refractivity contribution in [2.75, 3.05) is 50.0 Å². The lowest BCUT2D eigenvalue weighted by atomic mass is 9.95. The first-order valence-electron chi connectivity index (χ1n) is 14.7. The number of carbonyl (C=O) groups is 1. The van der Waals surface area contributed by atoms with Crippen molar-refractivity contribution in [1.82, 2.24) is 19.4 Å². The molecule has 1 amide bonds. The molecule has 2 aromatic carbocycles. The van der Waals surface area contributed by atoms with E-state index in [1.54, 1.807) is 9.47 Å². The standard InChI is InChI=1S/C31H31F4N5O3S/c1-3-25(41)37-8-9-39(17(2)12-37)29-23-11-24(31(33,34)35)26(18-4-6-19(32)7-5-18)28-27(23)40(30(42)36-29)21(16-44-28)13-38-14-22-10-20(38)15-43-22/h3-7,11,17,20-22H,1,8-10,12-16H2,2H3. The van der Waals surface area contributed by atoms with Gasteiger partial charge >= 0.3 is 11.9 Å². The van der Waals surface area contributed by atoms with E-state index in [-0.39, 0.29) is 59.0 Å². The number of hydrogen-bond donors (Lipinski definition) is 0. The molecule has 0 aliphatic carbocycles. The topological polar surface area (TPSA) is 70.9 Å². The Hall–Kier alpha value is -3.42. The molecule has 2 bridgehead atoms. The summed E-state index contributed by atoms with van der Waals surface area (Å²) >= 11 is 1.30. The van der Waals surface area contributed by atoms with E-state index in [1.165, 1.54) is 30.0 Å². The first-order chi connectivity index (χ1) is 21.0. The van der Waals surface area contributed by atoms with Gasteiger partial charge < -0.3 is 14.5 Å². The molecule has 13 heteroatoms. The van der Waals surface area contributed by atoms with Crippen LogP contribution in [0.1, 0.15) is 24.9 Å².